The minimum atomic E-state index is -3.99. The molecule has 186 valence electrons. The van der Waals surface area contributed by atoms with Crippen LogP contribution in [-0.2, 0) is 26.2 Å². The van der Waals surface area contributed by atoms with Gasteiger partial charge >= 0.3 is 0 Å². The zero-order valence-corrected chi connectivity index (χ0v) is 21.2. The lowest BCUT2D eigenvalue weighted by atomic mass is 10.1. The molecule has 2 aromatic rings. The number of sulfonamides is 1. The molecule has 0 saturated carbocycles. The molecule has 0 aromatic heterocycles. The number of halogens is 2. The van der Waals surface area contributed by atoms with Crippen molar-refractivity contribution in [3.8, 4) is 0 Å². The first-order valence-electron chi connectivity index (χ1n) is 11.1. The number of hydrogen-bond acceptors (Lipinski definition) is 4. The highest BCUT2D eigenvalue weighted by atomic mass is 35.5. The third-order valence-corrected chi connectivity index (χ3v) is 6.66. The number of amides is 2. The van der Waals surface area contributed by atoms with E-state index < -0.39 is 34.3 Å². The highest BCUT2D eigenvalue weighted by Gasteiger charge is 2.32. The van der Waals surface area contributed by atoms with Gasteiger partial charge in [-0.25, -0.2) is 12.8 Å². The summed E-state index contributed by atoms with van der Waals surface area (Å²) < 4.78 is 40.1. The van der Waals surface area contributed by atoms with Crippen LogP contribution < -0.4 is 9.62 Å². The van der Waals surface area contributed by atoms with Crippen molar-refractivity contribution in [1.82, 2.24) is 10.2 Å². The first-order chi connectivity index (χ1) is 16.1. The molecule has 0 bridgehead atoms. The molecule has 0 spiro atoms. The first kappa shape index (κ1) is 27.6. The molecule has 0 unspecified atom stereocenters. The van der Waals surface area contributed by atoms with Crippen molar-refractivity contribution >= 4 is 39.1 Å². The Morgan fingerprint density at radius 3 is 2.29 bits per heavy atom. The van der Waals surface area contributed by atoms with Crippen LogP contribution in [0.2, 0.25) is 5.02 Å². The van der Waals surface area contributed by atoms with E-state index in [1.807, 2.05) is 6.92 Å². The number of hydrogen-bond donors (Lipinski definition) is 1. The van der Waals surface area contributed by atoms with Crippen molar-refractivity contribution in [3.63, 3.8) is 0 Å². The number of benzene rings is 2. The van der Waals surface area contributed by atoms with Gasteiger partial charge in [-0.15, -0.1) is 0 Å². The summed E-state index contributed by atoms with van der Waals surface area (Å²) >= 11 is 5.97. The molecular weight excluding hydrogens is 481 g/mol. The summed E-state index contributed by atoms with van der Waals surface area (Å²) in [6.45, 7) is 3.66. The fraction of sp³-hybridized carbons (Fsp3) is 0.417. The Bertz CT molecular complexity index is 1080. The molecule has 0 heterocycles. The predicted molar refractivity (Wildman–Crippen MR) is 133 cm³/mol. The Hall–Kier alpha value is -2.65. The molecule has 0 saturated heterocycles. The highest BCUT2D eigenvalue weighted by molar-refractivity contribution is 7.92. The van der Waals surface area contributed by atoms with Gasteiger partial charge in [-0.2, -0.15) is 0 Å². The lowest BCUT2D eigenvalue weighted by Crippen LogP contribution is -2.52. The molecule has 34 heavy (non-hydrogen) atoms. The average molecular weight is 512 g/mol. The maximum atomic E-state index is 14.4. The van der Waals surface area contributed by atoms with Crippen LogP contribution >= 0.6 is 11.6 Å². The number of carbonyl (C=O) groups is 2. The van der Waals surface area contributed by atoms with Gasteiger partial charge in [-0.1, -0.05) is 56.1 Å². The topological polar surface area (TPSA) is 86.8 Å². The maximum absolute atomic E-state index is 14.4. The van der Waals surface area contributed by atoms with Crippen molar-refractivity contribution in [2.75, 3.05) is 23.7 Å². The van der Waals surface area contributed by atoms with E-state index in [0.29, 0.717) is 23.6 Å². The van der Waals surface area contributed by atoms with Gasteiger partial charge in [0.2, 0.25) is 21.8 Å². The van der Waals surface area contributed by atoms with Crippen molar-refractivity contribution in [3.05, 3.63) is 64.9 Å². The van der Waals surface area contributed by atoms with Crippen molar-refractivity contribution in [1.29, 1.82) is 0 Å². The van der Waals surface area contributed by atoms with Crippen LogP contribution in [0.15, 0.2) is 48.5 Å². The van der Waals surface area contributed by atoms with E-state index in [-0.39, 0.29) is 18.1 Å². The standard InChI is InChI=1S/C24H31ClFN3O4S/c1-4-6-15-27-24(31)21(5-2)28(16-18-11-13-19(25)14-12-18)23(30)17-29(34(3,32)33)22-10-8-7-9-20(22)26/h7-14,21H,4-6,15-17H2,1-3H3,(H,27,31)/t21-/m0/s1. The van der Waals surface area contributed by atoms with Crippen LogP contribution in [0.25, 0.3) is 0 Å². The fourth-order valence-electron chi connectivity index (χ4n) is 3.46. The molecule has 0 aliphatic heterocycles. The van der Waals surface area contributed by atoms with Gasteiger partial charge in [-0.05, 0) is 42.7 Å². The number of nitrogens with zero attached hydrogens (tertiary/aromatic N) is 2. The Morgan fingerprint density at radius 1 is 1.09 bits per heavy atom. The minimum absolute atomic E-state index is 0.0601. The smallest absolute Gasteiger partial charge is 0.244 e. The maximum Gasteiger partial charge on any atom is 0.244 e. The molecule has 7 nitrogen and oxygen atoms in total. The van der Waals surface area contributed by atoms with E-state index in [0.717, 1.165) is 29.5 Å². The number of anilines is 1. The van der Waals surface area contributed by atoms with E-state index in [1.165, 1.54) is 23.1 Å². The quantitative estimate of drug-likeness (QED) is 0.437. The summed E-state index contributed by atoms with van der Waals surface area (Å²) in [7, 11) is -3.99. The second kappa shape index (κ2) is 12.7. The van der Waals surface area contributed by atoms with Crippen LogP contribution in [0.5, 0.6) is 0 Å². The lowest BCUT2D eigenvalue weighted by Gasteiger charge is -2.33. The Balaban J connectivity index is 2.40. The normalized spacial score (nSPS) is 12.1. The van der Waals surface area contributed by atoms with Crippen LogP contribution in [0.3, 0.4) is 0 Å². The Labute approximate surface area is 205 Å². The fourth-order valence-corrected chi connectivity index (χ4v) is 4.44. The van der Waals surface area contributed by atoms with Gasteiger partial charge in [0.1, 0.15) is 18.4 Å². The largest absolute Gasteiger partial charge is 0.354 e. The molecule has 10 heteroatoms. The molecular formula is C24H31ClFN3O4S. The summed E-state index contributed by atoms with van der Waals surface area (Å²) in [5.74, 6) is -1.72. The van der Waals surface area contributed by atoms with Crippen LogP contribution in [0, 0.1) is 5.82 Å². The van der Waals surface area contributed by atoms with Gasteiger partial charge < -0.3 is 10.2 Å². The van der Waals surface area contributed by atoms with Crippen LogP contribution in [-0.4, -0.2) is 50.5 Å². The number of unbranched alkanes of at least 4 members (excludes halogenated alkanes) is 1. The summed E-state index contributed by atoms with van der Waals surface area (Å²) in [5, 5.41) is 3.37. The van der Waals surface area contributed by atoms with Crippen molar-refractivity contribution in [2.45, 2.75) is 45.7 Å². The van der Waals surface area contributed by atoms with Gasteiger partial charge in [0.25, 0.3) is 0 Å². The number of nitrogens with one attached hydrogen (secondary N) is 1. The van der Waals surface area contributed by atoms with Gasteiger partial charge in [0.15, 0.2) is 0 Å². The van der Waals surface area contributed by atoms with E-state index in [2.05, 4.69) is 5.32 Å². The number of para-hydroxylation sites is 1. The van der Waals surface area contributed by atoms with E-state index >= 15 is 0 Å². The number of rotatable bonds is 12. The predicted octanol–water partition coefficient (Wildman–Crippen LogP) is 3.97. The molecule has 2 rings (SSSR count). The lowest BCUT2D eigenvalue weighted by molar-refractivity contribution is -0.140. The van der Waals surface area contributed by atoms with Crippen LogP contribution in [0.1, 0.15) is 38.7 Å². The molecule has 1 N–H and O–H groups in total. The highest BCUT2D eigenvalue weighted by Crippen LogP contribution is 2.23. The summed E-state index contributed by atoms with van der Waals surface area (Å²) in [6, 6.07) is 11.3. The summed E-state index contributed by atoms with van der Waals surface area (Å²) in [4.78, 5) is 27.7. The molecule has 0 aliphatic carbocycles. The molecule has 1 atom stereocenters. The summed E-state index contributed by atoms with van der Waals surface area (Å²) in [6.07, 6.45) is 2.92. The van der Waals surface area contributed by atoms with Crippen LogP contribution in [0.4, 0.5) is 10.1 Å². The van der Waals surface area contributed by atoms with Gasteiger partial charge in [0, 0.05) is 18.1 Å². The summed E-state index contributed by atoms with van der Waals surface area (Å²) in [5.41, 5.74) is 0.486. The van der Waals surface area contributed by atoms with Crippen molar-refractivity contribution < 1.29 is 22.4 Å². The zero-order chi connectivity index (χ0) is 25.3. The Morgan fingerprint density at radius 2 is 1.74 bits per heavy atom. The second-order valence-electron chi connectivity index (χ2n) is 7.94. The Kier molecular flexibility index (Phi) is 10.3. The monoisotopic (exact) mass is 511 g/mol. The van der Waals surface area contributed by atoms with E-state index in [1.54, 1.807) is 31.2 Å². The average Bonchev–Trinajstić information content (AvgIpc) is 2.78. The molecule has 2 amide bonds. The number of carbonyl (C=O) groups excluding carboxylic acids is 2. The third-order valence-electron chi connectivity index (χ3n) is 5.28. The minimum Gasteiger partial charge on any atom is -0.354 e. The third kappa shape index (κ3) is 7.70. The first-order valence-corrected chi connectivity index (χ1v) is 13.3. The second-order valence-corrected chi connectivity index (χ2v) is 10.3. The van der Waals surface area contributed by atoms with Crippen molar-refractivity contribution in [2.24, 2.45) is 0 Å². The van der Waals surface area contributed by atoms with Gasteiger partial charge in [0.05, 0.1) is 11.9 Å². The van der Waals surface area contributed by atoms with E-state index in [4.69, 9.17) is 11.6 Å². The zero-order valence-electron chi connectivity index (χ0n) is 19.6. The molecule has 0 radical (unpaired) electrons. The van der Waals surface area contributed by atoms with Gasteiger partial charge in [-0.3, -0.25) is 13.9 Å². The SMILES string of the molecule is CCCCNC(=O)[C@H](CC)N(Cc1ccc(Cl)cc1)C(=O)CN(c1ccccc1F)S(C)(=O)=O. The van der Waals surface area contributed by atoms with E-state index in [9.17, 15) is 22.4 Å². The molecule has 0 fully saturated rings. The molecule has 0 aliphatic rings. The molecule has 2 aromatic carbocycles.